The average molecular weight is 200 g/mol. The van der Waals surface area contributed by atoms with Crippen LogP contribution in [0, 0.1) is 0 Å². The molecule has 1 aromatic rings. The summed E-state index contributed by atoms with van der Waals surface area (Å²) in [7, 11) is 0. The minimum Gasteiger partial charge on any atom is -0.397 e. The van der Waals surface area contributed by atoms with Gasteiger partial charge in [0.2, 0.25) is 0 Å². The Morgan fingerprint density at radius 3 is 2.46 bits per heavy atom. The fraction of sp³-hybridized carbons (Fsp3) is 0.333. The standard InChI is InChI=1S/C9H14ClN3/c1-2-7(11)5-3-6(10)9(13)8(12)4-5/h3-4,7H,2,11-13H2,1H3/t7-/m1/s1. The molecular weight excluding hydrogens is 186 g/mol. The van der Waals surface area contributed by atoms with Crippen LogP contribution >= 0.6 is 11.6 Å². The molecule has 1 rings (SSSR count). The Kier molecular flexibility index (Phi) is 3.01. The van der Waals surface area contributed by atoms with Gasteiger partial charge in [-0.15, -0.1) is 0 Å². The lowest BCUT2D eigenvalue weighted by Crippen LogP contribution is -2.09. The monoisotopic (exact) mass is 199 g/mol. The zero-order valence-electron chi connectivity index (χ0n) is 7.55. The summed E-state index contributed by atoms with van der Waals surface area (Å²) in [5.41, 5.74) is 18.9. The number of halogens is 1. The van der Waals surface area contributed by atoms with E-state index >= 15 is 0 Å². The highest BCUT2D eigenvalue weighted by Crippen LogP contribution is 2.29. The van der Waals surface area contributed by atoms with E-state index in [9.17, 15) is 0 Å². The molecule has 0 aliphatic carbocycles. The van der Waals surface area contributed by atoms with E-state index in [1.165, 1.54) is 0 Å². The van der Waals surface area contributed by atoms with E-state index in [-0.39, 0.29) is 6.04 Å². The van der Waals surface area contributed by atoms with Crippen molar-refractivity contribution in [1.29, 1.82) is 0 Å². The molecule has 6 N–H and O–H groups in total. The van der Waals surface area contributed by atoms with Crippen molar-refractivity contribution in [2.75, 3.05) is 11.5 Å². The molecule has 0 radical (unpaired) electrons. The van der Waals surface area contributed by atoms with E-state index in [0.29, 0.717) is 16.4 Å². The van der Waals surface area contributed by atoms with Gasteiger partial charge in [-0.2, -0.15) is 0 Å². The van der Waals surface area contributed by atoms with Gasteiger partial charge in [-0.1, -0.05) is 18.5 Å². The van der Waals surface area contributed by atoms with Gasteiger partial charge in [0.15, 0.2) is 0 Å². The molecule has 0 heterocycles. The maximum atomic E-state index is 5.86. The van der Waals surface area contributed by atoms with Gasteiger partial charge in [-0.25, -0.2) is 0 Å². The normalized spacial score (nSPS) is 12.8. The Morgan fingerprint density at radius 2 is 2.00 bits per heavy atom. The second-order valence-electron chi connectivity index (χ2n) is 3.02. The fourth-order valence-electron chi connectivity index (χ4n) is 1.11. The molecule has 0 unspecified atom stereocenters. The van der Waals surface area contributed by atoms with Crippen LogP contribution in [0.2, 0.25) is 5.02 Å². The maximum Gasteiger partial charge on any atom is 0.0737 e. The molecule has 0 aliphatic heterocycles. The average Bonchev–Trinajstić information content (AvgIpc) is 2.12. The van der Waals surface area contributed by atoms with Gasteiger partial charge < -0.3 is 17.2 Å². The van der Waals surface area contributed by atoms with Crippen LogP contribution in [0.15, 0.2) is 12.1 Å². The van der Waals surface area contributed by atoms with Crippen molar-refractivity contribution in [3.63, 3.8) is 0 Å². The summed E-state index contributed by atoms with van der Waals surface area (Å²) in [5, 5.41) is 0.471. The number of benzene rings is 1. The van der Waals surface area contributed by atoms with E-state index in [0.717, 1.165) is 12.0 Å². The Labute approximate surface area is 82.8 Å². The molecule has 13 heavy (non-hydrogen) atoms. The van der Waals surface area contributed by atoms with Crippen LogP contribution in [0.25, 0.3) is 0 Å². The number of anilines is 2. The molecule has 0 aromatic heterocycles. The number of hydrogen-bond acceptors (Lipinski definition) is 3. The molecule has 0 spiro atoms. The molecule has 0 bridgehead atoms. The number of nitrogens with two attached hydrogens (primary N) is 3. The van der Waals surface area contributed by atoms with Gasteiger partial charge in [-0.3, -0.25) is 0 Å². The van der Waals surface area contributed by atoms with E-state index < -0.39 is 0 Å². The Morgan fingerprint density at radius 1 is 1.38 bits per heavy atom. The Bertz CT molecular complexity index is 289. The lowest BCUT2D eigenvalue weighted by atomic mass is 10.0. The lowest BCUT2D eigenvalue weighted by Gasteiger charge is -2.12. The highest BCUT2D eigenvalue weighted by molar-refractivity contribution is 6.33. The highest BCUT2D eigenvalue weighted by Gasteiger charge is 2.08. The molecule has 0 saturated heterocycles. The number of hydrogen-bond donors (Lipinski definition) is 3. The second kappa shape index (κ2) is 3.85. The van der Waals surface area contributed by atoms with Crippen LogP contribution in [0.1, 0.15) is 24.9 Å². The van der Waals surface area contributed by atoms with Crippen molar-refractivity contribution in [1.82, 2.24) is 0 Å². The van der Waals surface area contributed by atoms with Crippen molar-refractivity contribution in [2.45, 2.75) is 19.4 Å². The summed E-state index contributed by atoms with van der Waals surface area (Å²) in [6, 6.07) is 3.51. The van der Waals surface area contributed by atoms with Gasteiger partial charge in [0.05, 0.1) is 16.4 Å². The predicted octanol–water partition coefficient (Wildman–Crippen LogP) is 1.91. The molecule has 4 heteroatoms. The predicted molar refractivity (Wildman–Crippen MR) is 57.5 cm³/mol. The van der Waals surface area contributed by atoms with Crippen molar-refractivity contribution in [3.05, 3.63) is 22.7 Å². The van der Waals surface area contributed by atoms with Crippen LogP contribution in [-0.4, -0.2) is 0 Å². The first kappa shape index (κ1) is 10.2. The summed E-state index contributed by atoms with van der Waals surface area (Å²) in [6.45, 7) is 2.01. The van der Waals surface area contributed by atoms with Gasteiger partial charge >= 0.3 is 0 Å². The van der Waals surface area contributed by atoms with Crippen molar-refractivity contribution < 1.29 is 0 Å². The first-order valence-electron chi connectivity index (χ1n) is 4.16. The lowest BCUT2D eigenvalue weighted by molar-refractivity contribution is 0.699. The molecule has 1 aromatic carbocycles. The van der Waals surface area contributed by atoms with Crippen LogP contribution < -0.4 is 17.2 Å². The van der Waals surface area contributed by atoms with Crippen molar-refractivity contribution in [3.8, 4) is 0 Å². The smallest absolute Gasteiger partial charge is 0.0737 e. The van der Waals surface area contributed by atoms with E-state index in [2.05, 4.69) is 0 Å². The zero-order chi connectivity index (χ0) is 10.0. The van der Waals surface area contributed by atoms with Gasteiger partial charge in [0, 0.05) is 6.04 Å². The Hall–Kier alpha value is -0.930. The molecule has 3 nitrogen and oxygen atoms in total. The minimum absolute atomic E-state index is 0.0274. The first-order chi connectivity index (χ1) is 6.06. The minimum atomic E-state index is -0.0274. The van der Waals surface area contributed by atoms with Gasteiger partial charge in [0.25, 0.3) is 0 Å². The molecule has 1 atom stereocenters. The molecule has 72 valence electrons. The van der Waals surface area contributed by atoms with Gasteiger partial charge in [0.1, 0.15) is 0 Å². The topological polar surface area (TPSA) is 78.1 Å². The van der Waals surface area contributed by atoms with Crippen molar-refractivity contribution >= 4 is 23.0 Å². The van der Waals surface area contributed by atoms with Crippen LogP contribution in [0.4, 0.5) is 11.4 Å². The zero-order valence-corrected chi connectivity index (χ0v) is 8.31. The largest absolute Gasteiger partial charge is 0.397 e. The quantitative estimate of drug-likeness (QED) is 0.637. The summed E-state index contributed by atoms with van der Waals surface area (Å²) in [6.07, 6.45) is 0.847. The number of rotatable bonds is 2. The molecule has 0 amide bonds. The van der Waals surface area contributed by atoms with E-state index in [1.54, 1.807) is 12.1 Å². The molecular formula is C9H14ClN3. The summed E-state index contributed by atoms with van der Waals surface area (Å²) < 4.78 is 0. The van der Waals surface area contributed by atoms with Crippen LogP contribution in [-0.2, 0) is 0 Å². The third-order valence-corrected chi connectivity index (χ3v) is 2.36. The summed E-state index contributed by atoms with van der Waals surface area (Å²) in [5.74, 6) is 0. The van der Waals surface area contributed by atoms with E-state index in [4.69, 9.17) is 28.8 Å². The third kappa shape index (κ3) is 2.05. The van der Waals surface area contributed by atoms with E-state index in [1.807, 2.05) is 6.92 Å². The fourth-order valence-corrected chi connectivity index (χ4v) is 1.35. The second-order valence-corrected chi connectivity index (χ2v) is 3.43. The maximum absolute atomic E-state index is 5.86. The number of nitrogen functional groups attached to an aromatic ring is 2. The molecule has 0 aliphatic rings. The molecule has 0 saturated carbocycles. The van der Waals surface area contributed by atoms with Crippen LogP contribution in [0.3, 0.4) is 0 Å². The first-order valence-corrected chi connectivity index (χ1v) is 4.54. The summed E-state index contributed by atoms with van der Waals surface area (Å²) in [4.78, 5) is 0. The SMILES string of the molecule is CC[C@@H](N)c1cc(N)c(N)c(Cl)c1. The highest BCUT2D eigenvalue weighted by atomic mass is 35.5. The Balaban J connectivity index is 3.13. The van der Waals surface area contributed by atoms with Gasteiger partial charge in [-0.05, 0) is 24.1 Å². The van der Waals surface area contributed by atoms with Crippen LogP contribution in [0.5, 0.6) is 0 Å². The third-order valence-electron chi connectivity index (χ3n) is 2.05. The molecule has 0 fully saturated rings. The summed E-state index contributed by atoms with van der Waals surface area (Å²) >= 11 is 5.86. The van der Waals surface area contributed by atoms with Crippen molar-refractivity contribution in [2.24, 2.45) is 5.73 Å².